The van der Waals surface area contributed by atoms with Gasteiger partial charge in [0.2, 0.25) is 11.8 Å². The van der Waals surface area contributed by atoms with E-state index in [1.54, 1.807) is 5.57 Å². The average molecular weight is 437 g/mol. The van der Waals surface area contributed by atoms with Crippen LogP contribution in [0.3, 0.4) is 0 Å². The van der Waals surface area contributed by atoms with E-state index < -0.39 is 5.97 Å². The number of carbonyl (C=O) groups is 1. The van der Waals surface area contributed by atoms with E-state index in [2.05, 4.69) is 38.6 Å². The number of carboxylic acids is 1. The zero-order chi connectivity index (χ0) is 22.0. The van der Waals surface area contributed by atoms with Crippen LogP contribution in [0.25, 0.3) is 11.2 Å². The summed E-state index contributed by atoms with van der Waals surface area (Å²) in [5, 5.41) is 13.2. The van der Waals surface area contributed by atoms with Crippen molar-refractivity contribution in [2.75, 3.05) is 10.2 Å². The van der Waals surface area contributed by atoms with Gasteiger partial charge in [0.15, 0.2) is 11.5 Å². The summed E-state index contributed by atoms with van der Waals surface area (Å²) in [6, 6.07) is 0.677. The van der Waals surface area contributed by atoms with E-state index >= 15 is 0 Å². The lowest BCUT2D eigenvalue weighted by molar-refractivity contribution is 0.0684. The van der Waals surface area contributed by atoms with E-state index in [4.69, 9.17) is 4.98 Å². The Bertz CT molecular complexity index is 1120. The summed E-state index contributed by atoms with van der Waals surface area (Å²) >= 11 is 0. The molecule has 6 rings (SSSR count). The highest BCUT2D eigenvalue weighted by Crippen LogP contribution is 2.48. The predicted molar refractivity (Wildman–Crippen MR) is 123 cm³/mol. The molecule has 170 valence electrons. The van der Waals surface area contributed by atoms with Gasteiger partial charge in [-0.1, -0.05) is 18.9 Å². The molecule has 1 fully saturated rings. The SMILES string of the molecule is CCC1CCC2=C3C(CCC2)Cn2c(nc4nc(C(=O)O)nc(N[C@H](C)C5CCC5)c42)N31. The van der Waals surface area contributed by atoms with Crippen LogP contribution in [-0.2, 0) is 6.54 Å². The van der Waals surface area contributed by atoms with Gasteiger partial charge in [0, 0.05) is 30.2 Å². The zero-order valence-corrected chi connectivity index (χ0v) is 19.0. The highest BCUT2D eigenvalue weighted by molar-refractivity contribution is 5.92. The van der Waals surface area contributed by atoms with Crippen LogP contribution in [0.2, 0.25) is 0 Å². The van der Waals surface area contributed by atoms with Crippen LogP contribution in [0.5, 0.6) is 0 Å². The Morgan fingerprint density at radius 3 is 2.72 bits per heavy atom. The van der Waals surface area contributed by atoms with Crippen molar-refractivity contribution < 1.29 is 9.90 Å². The fraction of sp³-hybridized carbons (Fsp3) is 0.667. The number of rotatable bonds is 5. The van der Waals surface area contributed by atoms with Gasteiger partial charge in [-0.2, -0.15) is 4.98 Å². The van der Waals surface area contributed by atoms with Crippen molar-refractivity contribution in [2.24, 2.45) is 11.8 Å². The molecule has 3 atom stereocenters. The Kier molecular flexibility index (Phi) is 4.66. The summed E-state index contributed by atoms with van der Waals surface area (Å²) < 4.78 is 2.28. The quantitative estimate of drug-likeness (QED) is 0.709. The van der Waals surface area contributed by atoms with Gasteiger partial charge in [0.25, 0.3) is 0 Å². The summed E-state index contributed by atoms with van der Waals surface area (Å²) in [6.07, 6.45) is 10.8. The van der Waals surface area contributed by atoms with Crippen LogP contribution in [0, 0.1) is 11.8 Å². The molecule has 0 radical (unpaired) electrons. The third-order valence-electron chi connectivity index (χ3n) is 8.27. The Hall–Kier alpha value is -2.64. The lowest BCUT2D eigenvalue weighted by Gasteiger charge is -2.48. The van der Waals surface area contributed by atoms with Crippen molar-refractivity contribution >= 4 is 28.9 Å². The molecule has 32 heavy (non-hydrogen) atoms. The van der Waals surface area contributed by atoms with E-state index in [9.17, 15) is 9.90 Å². The molecule has 4 aliphatic rings. The van der Waals surface area contributed by atoms with Crippen molar-refractivity contribution in [1.82, 2.24) is 19.5 Å². The van der Waals surface area contributed by atoms with Crippen molar-refractivity contribution in [3.05, 3.63) is 17.1 Å². The molecule has 2 aromatic heterocycles. The number of fused-ring (bicyclic) bond motifs is 4. The number of carboxylic acid groups (broad SMARTS) is 1. The molecule has 2 N–H and O–H groups in total. The molecule has 1 saturated carbocycles. The molecule has 0 aromatic carbocycles. The zero-order valence-electron chi connectivity index (χ0n) is 19.0. The Morgan fingerprint density at radius 1 is 1.16 bits per heavy atom. The number of nitrogens with one attached hydrogen (secondary N) is 1. The van der Waals surface area contributed by atoms with E-state index in [0.29, 0.717) is 29.3 Å². The van der Waals surface area contributed by atoms with Gasteiger partial charge < -0.3 is 19.9 Å². The molecule has 2 aliphatic heterocycles. The van der Waals surface area contributed by atoms with E-state index in [1.807, 2.05) is 0 Å². The second kappa shape index (κ2) is 7.46. The van der Waals surface area contributed by atoms with Gasteiger partial charge in [0.1, 0.15) is 5.52 Å². The number of aromatic nitrogens is 4. The highest BCUT2D eigenvalue weighted by atomic mass is 16.4. The van der Waals surface area contributed by atoms with Gasteiger partial charge in [-0.25, -0.2) is 14.8 Å². The number of anilines is 2. The normalized spacial score (nSPS) is 25.9. The number of allylic oxidation sites excluding steroid dienone is 2. The maximum atomic E-state index is 11.8. The van der Waals surface area contributed by atoms with Gasteiger partial charge >= 0.3 is 5.97 Å². The number of aromatic carboxylic acids is 1. The van der Waals surface area contributed by atoms with Crippen LogP contribution in [0.4, 0.5) is 11.8 Å². The largest absolute Gasteiger partial charge is 0.475 e. The Labute approximate surface area is 188 Å². The monoisotopic (exact) mass is 436 g/mol. The second-order valence-electron chi connectivity index (χ2n) is 10.1. The molecule has 2 aromatic rings. The van der Waals surface area contributed by atoms with Gasteiger partial charge in [-0.3, -0.25) is 0 Å². The average Bonchev–Trinajstić information content (AvgIpc) is 3.11. The topological polar surface area (TPSA) is 96.2 Å². The van der Waals surface area contributed by atoms with Crippen LogP contribution in [0.1, 0.15) is 82.3 Å². The van der Waals surface area contributed by atoms with Crippen LogP contribution < -0.4 is 10.2 Å². The van der Waals surface area contributed by atoms with Crippen LogP contribution in [0.15, 0.2) is 11.3 Å². The lowest BCUT2D eigenvalue weighted by atomic mass is 9.79. The molecule has 0 bridgehead atoms. The van der Waals surface area contributed by atoms with E-state index in [-0.39, 0.29) is 11.9 Å². The molecule has 2 unspecified atom stereocenters. The summed E-state index contributed by atoms with van der Waals surface area (Å²) in [5.74, 6) is 1.36. The highest BCUT2D eigenvalue weighted by Gasteiger charge is 2.42. The summed E-state index contributed by atoms with van der Waals surface area (Å²) in [7, 11) is 0. The van der Waals surface area contributed by atoms with Crippen LogP contribution in [-0.4, -0.2) is 42.7 Å². The second-order valence-corrected chi connectivity index (χ2v) is 10.1. The smallest absolute Gasteiger partial charge is 0.374 e. The van der Waals surface area contributed by atoms with E-state index in [1.165, 1.54) is 50.6 Å². The fourth-order valence-electron chi connectivity index (χ4n) is 6.31. The molecule has 8 nitrogen and oxygen atoms in total. The number of hydrogen-bond donors (Lipinski definition) is 2. The molecular formula is C24H32N6O2. The third-order valence-corrected chi connectivity index (χ3v) is 8.27. The molecule has 2 aliphatic carbocycles. The van der Waals surface area contributed by atoms with Crippen molar-refractivity contribution in [3.8, 4) is 0 Å². The fourth-order valence-corrected chi connectivity index (χ4v) is 6.31. The first-order valence-electron chi connectivity index (χ1n) is 12.3. The van der Waals surface area contributed by atoms with Gasteiger partial charge in [-0.15, -0.1) is 0 Å². The molecule has 4 heterocycles. The molecule has 8 heteroatoms. The molecule has 0 saturated heterocycles. The summed E-state index contributed by atoms with van der Waals surface area (Å²) in [4.78, 5) is 28.1. The summed E-state index contributed by atoms with van der Waals surface area (Å²) in [6.45, 7) is 5.31. The van der Waals surface area contributed by atoms with Gasteiger partial charge in [-0.05, 0) is 64.2 Å². The lowest BCUT2D eigenvalue weighted by Crippen LogP contribution is -2.47. The molecule has 0 amide bonds. The van der Waals surface area contributed by atoms with Crippen molar-refractivity contribution in [1.29, 1.82) is 0 Å². The summed E-state index contributed by atoms with van der Waals surface area (Å²) in [5.41, 5.74) is 4.47. The first-order chi connectivity index (χ1) is 15.5. The minimum Gasteiger partial charge on any atom is -0.475 e. The number of imidazole rings is 1. The van der Waals surface area contributed by atoms with Crippen molar-refractivity contribution in [2.45, 2.75) is 90.3 Å². The molecule has 0 spiro atoms. The predicted octanol–water partition coefficient (Wildman–Crippen LogP) is 4.57. The maximum absolute atomic E-state index is 11.8. The molecular weight excluding hydrogens is 404 g/mol. The Balaban J connectivity index is 1.53. The number of nitrogens with zero attached hydrogens (tertiary/aromatic N) is 5. The standard InChI is InChI=1S/C24H32N6O2/c1-3-17-11-10-15-8-5-9-16-12-29-19-20(25-13(2)14-6-4-7-14)26-22(23(31)32)27-21(19)28-24(29)30(17)18(15)16/h13-14,16-17H,3-12H2,1-2H3,(H,31,32)(H,25,26,27)/t13-,16?,17?/m1/s1. The van der Waals surface area contributed by atoms with Gasteiger partial charge in [0.05, 0.1) is 0 Å². The minimum absolute atomic E-state index is 0.181. The first kappa shape index (κ1) is 20.0. The minimum atomic E-state index is -1.11. The number of hydrogen-bond acceptors (Lipinski definition) is 6. The third kappa shape index (κ3) is 2.94. The Morgan fingerprint density at radius 2 is 2.00 bits per heavy atom. The van der Waals surface area contributed by atoms with E-state index in [0.717, 1.165) is 30.9 Å². The van der Waals surface area contributed by atoms with Crippen LogP contribution >= 0.6 is 0 Å². The first-order valence-corrected chi connectivity index (χ1v) is 12.3. The maximum Gasteiger partial charge on any atom is 0.374 e. The van der Waals surface area contributed by atoms with Crippen molar-refractivity contribution in [3.63, 3.8) is 0 Å².